The fourth-order valence-corrected chi connectivity index (χ4v) is 3.38. The number of nitrogens with one attached hydrogen (secondary N) is 1. The van der Waals surface area contributed by atoms with Crippen LogP contribution < -0.4 is 5.32 Å². The minimum atomic E-state index is 0.634. The van der Waals surface area contributed by atoms with Crippen molar-refractivity contribution in [2.45, 2.75) is 71.1 Å². The molecule has 3 heteroatoms. The van der Waals surface area contributed by atoms with Gasteiger partial charge in [0.15, 0.2) is 0 Å². The van der Waals surface area contributed by atoms with Gasteiger partial charge in [-0.15, -0.1) is 11.3 Å². The summed E-state index contributed by atoms with van der Waals surface area (Å²) in [7, 11) is 0. The van der Waals surface area contributed by atoms with Gasteiger partial charge in [-0.1, -0.05) is 19.9 Å². The van der Waals surface area contributed by atoms with E-state index in [1.807, 2.05) is 11.3 Å². The highest BCUT2D eigenvalue weighted by atomic mass is 32.1. The normalized spacial score (nSPS) is 17.3. The molecule has 108 valence electrons. The Labute approximate surface area is 122 Å². The Balaban J connectivity index is 1.84. The molecule has 1 aliphatic rings. The van der Waals surface area contributed by atoms with E-state index >= 15 is 0 Å². The second-order valence-electron chi connectivity index (χ2n) is 5.75. The summed E-state index contributed by atoms with van der Waals surface area (Å²) in [5, 5.41) is 5.91. The van der Waals surface area contributed by atoms with Crippen LogP contribution in [0.25, 0.3) is 0 Å². The molecule has 1 N–H and O–H groups in total. The number of hydrogen-bond acceptors (Lipinski definition) is 3. The lowest BCUT2D eigenvalue weighted by molar-refractivity contribution is 0.182. The van der Waals surface area contributed by atoms with Gasteiger partial charge in [-0.05, 0) is 44.1 Å². The largest absolute Gasteiger partial charge is 0.312 e. The summed E-state index contributed by atoms with van der Waals surface area (Å²) in [5.74, 6) is 0. The van der Waals surface area contributed by atoms with Crippen LogP contribution in [0.3, 0.4) is 0 Å². The SMILES string of the molecule is CCC(CC)NCC(C)N(Cc1cccs1)C1CC1. The molecule has 1 aromatic heterocycles. The Kier molecular flexibility index (Phi) is 5.86. The van der Waals surface area contributed by atoms with Crippen LogP contribution in [0.15, 0.2) is 17.5 Å². The molecular weight excluding hydrogens is 252 g/mol. The Morgan fingerprint density at radius 2 is 2.11 bits per heavy atom. The van der Waals surface area contributed by atoms with Crippen LogP contribution >= 0.6 is 11.3 Å². The lowest BCUT2D eigenvalue weighted by Gasteiger charge is -2.30. The van der Waals surface area contributed by atoms with Crippen LogP contribution in [0.2, 0.25) is 0 Å². The molecule has 1 fully saturated rings. The third-order valence-electron chi connectivity index (χ3n) is 4.19. The average Bonchev–Trinajstić information content (AvgIpc) is 3.13. The molecular formula is C16H28N2S. The predicted octanol–water partition coefficient (Wildman–Crippen LogP) is 3.88. The van der Waals surface area contributed by atoms with Gasteiger partial charge >= 0.3 is 0 Å². The van der Waals surface area contributed by atoms with E-state index in [9.17, 15) is 0 Å². The summed E-state index contributed by atoms with van der Waals surface area (Å²) in [6, 6.07) is 6.58. The molecule has 0 spiro atoms. The zero-order valence-corrected chi connectivity index (χ0v) is 13.4. The van der Waals surface area contributed by atoms with E-state index in [1.165, 1.54) is 30.6 Å². The maximum atomic E-state index is 3.72. The molecule has 1 unspecified atom stereocenters. The van der Waals surface area contributed by atoms with E-state index in [-0.39, 0.29) is 0 Å². The first kappa shape index (κ1) is 15.0. The molecule has 0 amide bonds. The molecule has 0 aromatic carbocycles. The van der Waals surface area contributed by atoms with Gasteiger partial charge in [-0.3, -0.25) is 4.90 Å². The maximum absolute atomic E-state index is 3.72. The second kappa shape index (κ2) is 7.41. The third kappa shape index (κ3) is 4.59. The Bertz CT molecular complexity index is 342. The molecule has 19 heavy (non-hydrogen) atoms. The Morgan fingerprint density at radius 3 is 2.63 bits per heavy atom. The van der Waals surface area contributed by atoms with Crippen molar-refractivity contribution in [3.63, 3.8) is 0 Å². The monoisotopic (exact) mass is 280 g/mol. The van der Waals surface area contributed by atoms with Crippen LogP contribution in [0.4, 0.5) is 0 Å². The van der Waals surface area contributed by atoms with Crippen LogP contribution in [0, 0.1) is 0 Å². The summed E-state index contributed by atoms with van der Waals surface area (Å²) in [4.78, 5) is 4.20. The van der Waals surface area contributed by atoms with Gasteiger partial charge < -0.3 is 5.32 Å². The number of nitrogens with zero attached hydrogens (tertiary/aromatic N) is 1. The molecule has 0 saturated heterocycles. The molecule has 1 aromatic rings. The quantitative estimate of drug-likeness (QED) is 0.738. The van der Waals surface area contributed by atoms with Crippen molar-refractivity contribution in [2.75, 3.05) is 6.54 Å². The fourth-order valence-electron chi connectivity index (χ4n) is 2.67. The summed E-state index contributed by atoms with van der Waals surface area (Å²) in [6.45, 7) is 9.18. The van der Waals surface area contributed by atoms with Crippen molar-refractivity contribution in [2.24, 2.45) is 0 Å². The number of hydrogen-bond donors (Lipinski definition) is 1. The van der Waals surface area contributed by atoms with Crippen LogP contribution in [0.1, 0.15) is 51.3 Å². The van der Waals surface area contributed by atoms with Gasteiger partial charge in [0.1, 0.15) is 0 Å². The molecule has 0 aliphatic heterocycles. The summed E-state index contributed by atoms with van der Waals surface area (Å²) in [5.41, 5.74) is 0. The molecule has 1 saturated carbocycles. The van der Waals surface area contributed by atoms with Crippen molar-refractivity contribution in [1.29, 1.82) is 0 Å². The van der Waals surface area contributed by atoms with E-state index in [2.05, 4.69) is 48.5 Å². The lowest BCUT2D eigenvalue weighted by Crippen LogP contribution is -2.43. The van der Waals surface area contributed by atoms with E-state index in [1.54, 1.807) is 0 Å². The van der Waals surface area contributed by atoms with Gasteiger partial charge in [0.25, 0.3) is 0 Å². The van der Waals surface area contributed by atoms with Crippen molar-refractivity contribution in [1.82, 2.24) is 10.2 Å². The summed E-state index contributed by atoms with van der Waals surface area (Å²) in [6.07, 6.45) is 5.25. The van der Waals surface area contributed by atoms with Crippen molar-refractivity contribution in [3.05, 3.63) is 22.4 Å². The third-order valence-corrected chi connectivity index (χ3v) is 5.05. The molecule has 0 bridgehead atoms. The second-order valence-corrected chi connectivity index (χ2v) is 6.79. The number of rotatable bonds is 9. The first-order valence-electron chi connectivity index (χ1n) is 7.76. The van der Waals surface area contributed by atoms with Gasteiger partial charge in [-0.2, -0.15) is 0 Å². The highest BCUT2D eigenvalue weighted by molar-refractivity contribution is 7.09. The molecule has 2 rings (SSSR count). The molecule has 1 aliphatic carbocycles. The van der Waals surface area contributed by atoms with Gasteiger partial charge in [0, 0.05) is 36.1 Å². The maximum Gasteiger partial charge on any atom is 0.0334 e. The molecule has 2 nitrogen and oxygen atoms in total. The minimum Gasteiger partial charge on any atom is -0.312 e. The highest BCUT2D eigenvalue weighted by Gasteiger charge is 2.32. The van der Waals surface area contributed by atoms with Gasteiger partial charge in [0.2, 0.25) is 0 Å². The van der Waals surface area contributed by atoms with Crippen molar-refractivity contribution >= 4 is 11.3 Å². The van der Waals surface area contributed by atoms with E-state index in [0.29, 0.717) is 12.1 Å². The topological polar surface area (TPSA) is 15.3 Å². The molecule has 1 atom stereocenters. The zero-order chi connectivity index (χ0) is 13.7. The Hall–Kier alpha value is -0.380. The van der Waals surface area contributed by atoms with Crippen molar-refractivity contribution < 1.29 is 0 Å². The standard InChI is InChI=1S/C16H28N2S/c1-4-14(5-2)17-11-13(3)18(15-8-9-15)12-16-7-6-10-19-16/h6-7,10,13-15,17H,4-5,8-9,11-12H2,1-3H3. The summed E-state index contributed by atoms with van der Waals surface area (Å²) >= 11 is 1.89. The smallest absolute Gasteiger partial charge is 0.0334 e. The zero-order valence-electron chi connectivity index (χ0n) is 12.6. The van der Waals surface area contributed by atoms with E-state index in [4.69, 9.17) is 0 Å². The minimum absolute atomic E-state index is 0.634. The first-order valence-corrected chi connectivity index (χ1v) is 8.64. The number of thiophene rings is 1. The summed E-state index contributed by atoms with van der Waals surface area (Å²) < 4.78 is 0. The average molecular weight is 280 g/mol. The molecule has 1 heterocycles. The van der Waals surface area contributed by atoms with E-state index < -0.39 is 0 Å². The highest BCUT2D eigenvalue weighted by Crippen LogP contribution is 2.30. The van der Waals surface area contributed by atoms with Crippen LogP contribution in [0.5, 0.6) is 0 Å². The Morgan fingerprint density at radius 1 is 1.37 bits per heavy atom. The van der Waals surface area contributed by atoms with E-state index in [0.717, 1.165) is 19.1 Å². The van der Waals surface area contributed by atoms with Crippen LogP contribution in [-0.4, -0.2) is 29.6 Å². The van der Waals surface area contributed by atoms with Crippen molar-refractivity contribution in [3.8, 4) is 0 Å². The fraction of sp³-hybridized carbons (Fsp3) is 0.750. The molecule has 0 radical (unpaired) electrons. The van der Waals surface area contributed by atoms with Gasteiger partial charge in [-0.25, -0.2) is 0 Å². The van der Waals surface area contributed by atoms with Gasteiger partial charge in [0.05, 0.1) is 0 Å². The lowest BCUT2D eigenvalue weighted by atomic mass is 10.1. The van der Waals surface area contributed by atoms with Crippen LogP contribution in [-0.2, 0) is 6.54 Å². The first-order chi connectivity index (χ1) is 9.24. The predicted molar refractivity (Wildman–Crippen MR) is 84.7 cm³/mol.